The van der Waals surface area contributed by atoms with Crippen LogP contribution in [0.2, 0.25) is 0 Å². The number of amides is 1. The Kier molecular flexibility index (Phi) is 4.70. The van der Waals surface area contributed by atoms with Crippen molar-refractivity contribution in [3.8, 4) is 5.75 Å². The lowest BCUT2D eigenvalue weighted by Crippen LogP contribution is -2.23. The van der Waals surface area contributed by atoms with E-state index < -0.39 is 6.09 Å². The molecule has 2 aromatic carbocycles. The maximum Gasteiger partial charge on any atom is 0.418 e. The van der Waals surface area contributed by atoms with Crippen molar-refractivity contribution in [2.45, 2.75) is 13.5 Å². The molecular formula is C20H18N4O3S. The number of hydrogen-bond acceptors (Lipinski definition) is 5. The van der Waals surface area contributed by atoms with Crippen LogP contribution in [-0.2, 0) is 13.7 Å². The summed E-state index contributed by atoms with van der Waals surface area (Å²) in [5.74, 6) is 0.697. The lowest BCUT2D eigenvalue weighted by atomic mass is 10.3. The van der Waals surface area contributed by atoms with Crippen molar-refractivity contribution in [1.82, 2.24) is 14.8 Å². The van der Waals surface area contributed by atoms with Crippen LogP contribution < -0.4 is 9.64 Å². The van der Waals surface area contributed by atoms with Crippen LogP contribution in [0.5, 0.6) is 5.75 Å². The summed E-state index contributed by atoms with van der Waals surface area (Å²) in [7, 11) is 1.88. The van der Waals surface area contributed by atoms with Gasteiger partial charge in [-0.3, -0.25) is 4.68 Å². The molecule has 0 radical (unpaired) electrons. The van der Waals surface area contributed by atoms with Gasteiger partial charge in [0.05, 0.1) is 27.3 Å². The Hall–Kier alpha value is -3.39. The first-order valence-corrected chi connectivity index (χ1v) is 9.44. The molecule has 4 aromatic rings. The van der Waals surface area contributed by atoms with Crippen LogP contribution in [0, 0.1) is 6.92 Å². The summed E-state index contributed by atoms with van der Waals surface area (Å²) in [5.41, 5.74) is 3.20. The quantitative estimate of drug-likeness (QED) is 0.529. The van der Waals surface area contributed by atoms with E-state index in [-0.39, 0.29) is 0 Å². The third-order valence-corrected chi connectivity index (χ3v) is 5.23. The molecule has 7 nitrogen and oxygen atoms in total. The van der Waals surface area contributed by atoms with Gasteiger partial charge in [0.15, 0.2) is 0 Å². The van der Waals surface area contributed by atoms with E-state index >= 15 is 0 Å². The van der Waals surface area contributed by atoms with E-state index in [2.05, 4.69) is 10.1 Å². The molecule has 142 valence electrons. The van der Waals surface area contributed by atoms with Crippen LogP contribution in [0.4, 0.5) is 15.6 Å². The molecule has 0 aliphatic rings. The third kappa shape index (κ3) is 3.54. The van der Waals surface area contributed by atoms with Crippen LogP contribution in [-0.4, -0.2) is 26.0 Å². The molecule has 2 heterocycles. The van der Waals surface area contributed by atoms with Gasteiger partial charge in [0.1, 0.15) is 12.4 Å². The number of para-hydroxylation sites is 1. The average molecular weight is 394 g/mol. The number of fused-ring (bicyclic) bond motifs is 1. The fourth-order valence-corrected chi connectivity index (χ4v) is 3.92. The molecule has 0 bridgehead atoms. The molecule has 0 spiro atoms. The fraction of sp³-hybridized carbons (Fsp3) is 0.150. The molecule has 0 aliphatic heterocycles. The molecule has 0 aliphatic carbocycles. The van der Waals surface area contributed by atoms with Gasteiger partial charge >= 0.3 is 6.09 Å². The Bertz CT molecular complexity index is 1140. The first kappa shape index (κ1) is 18.0. The summed E-state index contributed by atoms with van der Waals surface area (Å²) < 4.78 is 8.54. The van der Waals surface area contributed by atoms with E-state index in [0.717, 1.165) is 21.6 Å². The molecule has 0 unspecified atom stereocenters. The minimum atomic E-state index is -1.08. The molecule has 4 rings (SSSR count). The Morgan fingerprint density at radius 1 is 1.21 bits per heavy atom. The number of aryl methyl sites for hydroxylation is 2. The number of carboxylic acid groups (broad SMARTS) is 1. The van der Waals surface area contributed by atoms with Crippen molar-refractivity contribution < 1.29 is 14.6 Å². The van der Waals surface area contributed by atoms with Crippen molar-refractivity contribution in [3.63, 3.8) is 0 Å². The first-order chi connectivity index (χ1) is 13.5. The summed E-state index contributed by atoms with van der Waals surface area (Å²) in [6.07, 6.45) is -1.08. The minimum absolute atomic E-state index is 0.396. The van der Waals surface area contributed by atoms with Crippen LogP contribution in [0.25, 0.3) is 10.2 Å². The first-order valence-electron chi connectivity index (χ1n) is 8.62. The highest BCUT2D eigenvalue weighted by Crippen LogP contribution is 2.35. The summed E-state index contributed by atoms with van der Waals surface area (Å²) in [6, 6.07) is 16.4. The predicted octanol–water partition coefficient (Wildman–Crippen LogP) is 4.73. The summed E-state index contributed by atoms with van der Waals surface area (Å²) in [6.45, 7) is 2.34. The number of ether oxygens (including phenoxy) is 1. The zero-order valence-electron chi connectivity index (χ0n) is 15.4. The van der Waals surface area contributed by atoms with Gasteiger partial charge in [-0.15, -0.1) is 0 Å². The van der Waals surface area contributed by atoms with Crippen LogP contribution in [0.1, 0.15) is 11.4 Å². The van der Waals surface area contributed by atoms with Gasteiger partial charge in [0.2, 0.25) is 5.13 Å². The number of rotatable bonds is 5. The molecule has 28 heavy (non-hydrogen) atoms. The van der Waals surface area contributed by atoms with Crippen molar-refractivity contribution in [1.29, 1.82) is 0 Å². The minimum Gasteiger partial charge on any atom is -0.487 e. The molecular weight excluding hydrogens is 376 g/mol. The van der Waals surface area contributed by atoms with Crippen molar-refractivity contribution in [2.75, 3.05) is 4.90 Å². The molecule has 0 saturated heterocycles. The zero-order chi connectivity index (χ0) is 19.7. The topological polar surface area (TPSA) is 80.5 Å². The summed E-state index contributed by atoms with van der Waals surface area (Å²) in [5, 5.41) is 14.4. The number of aromatic nitrogens is 3. The van der Waals surface area contributed by atoms with Crippen molar-refractivity contribution in [3.05, 3.63) is 66.0 Å². The second-order valence-corrected chi connectivity index (χ2v) is 7.28. The SMILES string of the molecule is Cc1cc(COc2ccc3nc(N(C(=O)O)c4ccccc4)sc3c2)n(C)n1. The molecule has 0 fully saturated rings. The number of anilines is 2. The number of benzene rings is 2. The molecule has 8 heteroatoms. The fourth-order valence-electron chi connectivity index (χ4n) is 2.91. The number of thiazole rings is 1. The van der Waals surface area contributed by atoms with E-state index in [1.807, 2.05) is 44.3 Å². The van der Waals surface area contributed by atoms with Crippen LogP contribution >= 0.6 is 11.3 Å². The Labute approximate surface area is 165 Å². The van der Waals surface area contributed by atoms with Crippen LogP contribution in [0.15, 0.2) is 54.6 Å². The molecule has 1 N–H and O–H groups in total. The largest absolute Gasteiger partial charge is 0.487 e. The maximum atomic E-state index is 11.8. The molecule has 1 amide bonds. The van der Waals surface area contributed by atoms with Crippen LogP contribution in [0.3, 0.4) is 0 Å². The average Bonchev–Trinajstić information content (AvgIpc) is 3.22. The standard InChI is InChI=1S/C20H18N4O3S/c1-13-10-15(23(2)22-13)12-27-16-8-9-17-18(11-16)28-19(21-17)24(20(25)26)14-6-4-3-5-7-14/h3-11H,12H2,1-2H3,(H,25,26). The second kappa shape index (κ2) is 7.32. The summed E-state index contributed by atoms with van der Waals surface area (Å²) in [4.78, 5) is 17.5. The van der Waals surface area contributed by atoms with E-state index in [4.69, 9.17) is 4.74 Å². The monoisotopic (exact) mass is 394 g/mol. The zero-order valence-corrected chi connectivity index (χ0v) is 16.2. The Balaban J connectivity index is 1.60. The normalized spacial score (nSPS) is 10.9. The van der Waals surface area contributed by atoms with E-state index in [0.29, 0.717) is 23.2 Å². The van der Waals surface area contributed by atoms with E-state index in [1.54, 1.807) is 28.9 Å². The van der Waals surface area contributed by atoms with E-state index in [1.165, 1.54) is 16.2 Å². The van der Waals surface area contributed by atoms with Gasteiger partial charge in [-0.25, -0.2) is 14.7 Å². The third-order valence-electron chi connectivity index (χ3n) is 4.23. The van der Waals surface area contributed by atoms with Crippen molar-refractivity contribution >= 4 is 38.5 Å². The van der Waals surface area contributed by atoms with Crippen molar-refractivity contribution in [2.24, 2.45) is 7.05 Å². The Morgan fingerprint density at radius 3 is 2.68 bits per heavy atom. The lowest BCUT2D eigenvalue weighted by Gasteiger charge is -2.15. The molecule has 2 aromatic heterocycles. The smallest absolute Gasteiger partial charge is 0.418 e. The van der Waals surface area contributed by atoms with Gasteiger partial charge in [-0.05, 0) is 43.3 Å². The number of hydrogen-bond donors (Lipinski definition) is 1. The van der Waals surface area contributed by atoms with Gasteiger partial charge < -0.3 is 9.84 Å². The van der Waals surface area contributed by atoms with Gasteiger partial charge in [-0.2, -0.15) is 5.10 Å². The lowest BCUT2D eigenvalue weighted by molar-refractivity contribution is 0.205. The van der Waals surface area contributed by atoms with Gasteiger partial charge in [0.25, 0.3) is 0 Å². The summed E-state index contributed by atoms with van der Waals surface area (Å²) >= 11 is 1.31. The second-order valence-electron chi connectivity index (χ2n) is 6.27. The number of carbonyl (C=O) groups is 1. The van der Waals surface area contributed by atoms with Gasteiger partial charge in [0, 0.05) is 7.05 Å². The van der Waals surface area contributed by atoms with E-state index in [9.17, 15) is 9.90 Å². The Morgan fingerprint density at radius 2 is 2.00 bits per heavy atom. The maximum absolute atomic E-state index is 11.8. The highest BCUT2D eigenvalue weighted by Gasteiger charge is 2.21. The highest BCUT2D eigenvalue weighted by atomic mass is 32.1. The molecule has 0 atom stereocenters. The van der Waals surface area contributed by atoms with Gasteiger partial charge in [-0.1, -0.05) is 29.5 Å². The predicted molar refractivity (Wildman–Crippen MR) is 109 cm³/mol. The molecule has 0 saturated carbocycles. The number of nitrogens with zero attached hydrogens (tertiary/aromatic N) is 4. The highest BCUT2D eigenvalue weighted by molar-refractivity contribution is 7.22.